The third-order valence-corrected chi connectivity index (χ3v) is 8.40. The van der Waals surface area contributed by atoms with Gasteiger partial charge in [-0.25, -0.2) is 0 Å². The van der Waals surface area contributed by atoms with Gasteiger partial charge in [0.25, 0.3) is 23.6 Å². The molecule has 2 heterocycles. The first kappa shape index (κ1) is 34.3. The van der Waals surface area contributed by atoms with Gasteiger partial charge in [0.1, 0.15) is 0 Å². The molecule has 0 unspecified atom stereocenters. The van der Waals surface area contributed by atoms with Crippen LogP contribution in [-0.4, -0.2) is 99.1 Å². The lowest BCUT2D eigenvalue weighted by Crippen LogP contribution is -2.41. The van der Waals surface area contributed by atoms with E-state index < -0.39 is 0 Å². The minimum Gasteiger partial charge on any atom is -0.378 e. The number of nitrogens with one attached hydrogen (secondary N) is 2. The highest BCUT2D eigenvalue weighted by Gasteiger charge is 2.33. The molecule has 11 heteroatoms. The van der Waals surface area contributed by atoms with Crippen LogP contribution in [0.5, 0.6) is 0 Å². The van der Waals surface area contributed by atoms with Crippen LogP contribution in [0.15, 0.2) is 72.8 Å². The molecule has 2 aliphatic heterocycles. The Balaban J connectivity index is 0.00000433. The van der Waals surface area contributed by atoms with Crippen molar-refractivity contribution >= 4 is 62.2 Å². The van der Waals surface area contributed by atoms with Crippen LogP contribution in [0.2, 0.25) is 0 Å². The fraction of sp³-hybridized carbons (Fsp3) is 0.333. The number of hydrogen-bond donors (Lipinski definition) is 2. The molecule has 2 N–H and O–H groups in total. The number of hydrogen-bond acceptors (Lipinski definition) is 8. The standard InChI is InChI=1S/C36H38N4O6.BrH/c41-33-27-11-1-7-25-8-2-12-28(31(25)27)34(42)39(33)19-5-15-37-17-21-45-23-24-46-22-18-38-16-6-20-40-35(43)29-13-3-9-26-10-4-14-30(32(26)29)36(40)44;/h1-4,7-14,37-38H,5-6,15-24H2;1H. The minimum absolute atomic E-state index is 0. The molecule has 47 heavy (non-hydrogen) atoms. The zero-order chi connectivity index (χ0) is 31.9. The Morgan fingerprint density at radius 2 is 0.809 bits per heavy atom. The van der Waals surface area contributed by atoms with Crippen LogP contribution in [0.4, 0.5) is 0 Å². The van der Waals surface area contributed by atoms with E-state index in [1.165, 1.54) is 9.80 Å². The summed E-state index contributed by atoms with van der Waals surface area (Å²) in [5.41, 5.74) is 2.34. The van der Waals surface area contributed by atoms with Gasteiger partial charge in [-0.15, -0.1) is 17.0 Å². The molecule has 0 spiro atoms. The third-order valence-electron chi connectivity index (χ3n) is 8.40. The molecule has 0 fully saturated rings. The summed E-state index contributed by atoms with van der Waals surface area (Å²) >= 11 is 0. The van der Waals surface area contributed by atoms with Crippen LogP contribution >= 0.6 is 17.0 Å². The van der Waals surface area contributed by atoms with E-state index in [0.29, 0.717) is 101 Å². The summed E-state index contributed by atoms with van der Waals surface area (Å²) in [7, 11) is 0. The van der Waals surface area contributed by atoms with E-state index in [1.807, 2.05) is 48.5 Å². The Morgan fingerprint density at radius 3 is 1.15 bits per heavy atom. The minimum atomic E-state index is -0.233. The largest absolute Gasteiger partial charge is 0.378 e. The molecule has 6 rings (SSSR count). The van der Waals surface area contributed by atoms with Gasteiger partial charge in [0.15, 0.2) is 0 Å². The highest BCUT2D eigenvalue weighted by molar-refractivity contribution is 8.93. The zero-order valence-corrected chi connectivity index (χ0v) is 27.9. The predicted molar refractivity (Wildman–Crippen MR) is 186 cm³/mol. The predicted octanol–water partition coefficient (Wildman–Crippen LogP) is 4.46. The van der Waals surface area contributed by atoms with E-state index in [9.17, 15) is 19.2 Å². The second-order valence-electron chi connectivity index (χ2n) is 11.4. The van der Waals surface area contributed by atoms with Gasteiger partial charge in [-0.05, 0) is 61.0 Å². The van der Waals surface area contributed by atoms with E-state index >= 15 is 0 Å². The summed E-state index contributed by atoms with van der Waals surface area (Å²) in [6, 6.07) is 22.2. The molecular weight excluding hydrogens is 664 g/mol. The second-order valence-corrected chi connectivity index (χ2v) is 11.4. The van der Waals surface area contributed by atoms with E-state index in [-0.39, 0.29) is 40.6 Å². The molecule has 246 valence electrons. The van der Waals surface area contributed by atoms with Crippen LogP contribution in [0.1, 0.15) is 54.3 Å². The summed E-state index contributed by atoms with van der Waals surface area (Å²) in [5.74, 6) is -0.933. The monoisotopic (exact) mass is 702 g/mol. The van der Waals surface area contributed by atoms with E-state index in [2.05, 4.69) is 10.6 Å². The molecule has 10 nitrogen and oxygen atoms in total. The van der Waals surface area contributed by atoms with Crippen molar-refractivity contribution in [3.8, 4) is 0 Å². The number of ether oxygens (including phenoxy) is 2. The van der Waals surface area contributed by atoms with Crippen molar-refractivity contribution in [1.82, 2.24) is 20.4 Å². The van der Waals surface area contributed by atoms with Gasteiger partial charge in [0.05, 0.1) is 26.4 Å². The van der Waals surface area contributed by atoms with Crippen LogP contribution in [-0.2, 0) is 9.47 Å². The van der Waals surface area contributed by atoms with Gasteiger partial charge in [-0.3, -0.25) is 29.0 Å². The lowest BCUT2D eigenvalue weighted by atomic mass is 9.94. The van der Waals surface area contributed by atoms with Gasteiger partial charge in [-0.2, -0.15) is 0 Å². The molecule has 0 saturated heterocycles. The van der Waals surface area contributed by atoms with E-state index in [4.69, 9.17) is 9.47 Å². The number of rotatable bonds is 17. The van der Waals surface area contributed by atoms with Crippen molar-refractivity contribution in [1.29, 1.82) is 0 Å². The van der Waals surface area contributed by atoms with Gasteiger partial charge in [0, 0.05) is 59.2 Å². The first-order chi connectivity index (χ1) is 22.6. The van der Waals surface area contributed by atoms with Crippen LogP contribution in [0.25, 0.3) is 21.5 Å². The lowest BCUT2D eigenvalue weighted by Gasteiger charge is -2.27. The SMILES string of the molecule is Br.O=C1c2cccc3cccc(c23)C(=O)N1CCCNCCOCCOCCNCCCN1C(=O)c2cccc3cccc(c23)C1=O. The summed E-state index contributed by atoms with van der Waals surface area (Å²) in [6.07, 6.45) is 1.31. The van der Waals surface area contributed by atoms with Crippen molar-refractivity contribution in [2.45, 2.75) is 12.8 Å². The second kappa shape index (κ2) is 16.2. The van der Waals surface area contributed by atoms with E-state index in [0.717, 1.165) is 21.5 Å². The lowest BCUT2D eigenvalue weighted by molar-refractivity contribution is 0.0496. The average Bonchev–Trinajstić information content (AvgIpc) is 3.08. The number of amides is 4. The molecule has 0 saturated carbocycles. The highest BCUT2D eigenvalue weighted by atomic mass is 79.9. The molecular formula is C36H39BrN4O6. The number of halogens is 1. The molecule has 0 atom stereocenters. The van der Waals surface area contributed by atoms with Crippen molar-refractivity contribution in [3.63, 3.8) is 0 Å². The first-order valence-electron chi connectivity index (χ1n) is 15.9. The van der Waals surface area contributed by atoms with E-state index in [1.54, 1.807) is 24.3 Å². The Labute approximate surface area is 284 Å². The Morgan fingerprint density at radius 1 is 0.468 bits per heavy atom. The fourth-order valence-electron chi connectivity index (χ4n) is 6.15. The summed E-state index contributed by atoms with van der Waals surface area (Å²) in [5, 5.41) is 9.89. The summed E-state index contributed by atoms with van der Waals surface area (Å²) in [6.45, 7) is 5.40. The van der Waals surface area contributed by atoms with Crippen molar-refractivity contribution in [2.75, 3.05) is 65.7 Å². The van der Waals surface area contributed by atoms with Gasteiger partial charge in [0.2, 0.25) is 0 Å². The molecule has 4 aromatic rings. The zero-order valence-electron chi connectivity index (χ0n) is 26.2. The van der Waals surface area contributed by atoms with Gasteiger partial charge in [-0.1, -0.05) is 48.5 Å². The third kappa shape index (κ3) is 7.45. The Bertz CT molecular complexity index is 1550. The van der Waals surface area contributed by atoms with Crippen LogP contribution in [0, 0.1) is 0 Å². The molecule has 0 bridgehead atoms. The molecule has 4 aromatic carbocycles. The molecule has 0 radical (unpaired) electrons. The topological polar surface area (TPSA) is 117 Å². The van der Waals surface area contributed by atoms with Gasteiger partial charge >= 0.3 is 0 Å². The fourth-order valence-corrected chi connectivity index (χ4v) is 6.15. The van der Waals surface area contributed by atoms with Crippen molar-refractivity contribution in [3.05, 3.63) is 95.1 Å². The molecule has 0 aliphatic carbocycles. The number of benzene rings is 4. The quantitative estimate of drug-likeness (QED) is 0.122. The Hall–Kier alpha value is -4.00. The van der Waals surface area contributed by atoms with Crippen LogP contribution < -0.4 is 10.6 Å². The smallest absolute Gasteiger partial charge is 0.261 e. The maximum Gasteiger partial charge on any atom is 0.261 e. The molecule has 4 amide bonds. The van der Waals surface area contributed by atoms with Crippen LogP contribution in [0.3, 0.4) is 0 Å². The normalized spacial score (nSPS) is 14.0. The highest BCUT2D eigenvalue weighted by Crippen LogP contribution is 2.31. The van der Waals surface area contributed by atoms with Crippen molar-refractivity contribution < 1.29 is 28.7 Å². The summed E-state index contributed by atoms with van der Waals surface area (Å²) < 4.78 is 11.2. The molecule has 2 aliphatic rings. The first-order valence-corrected chi connectivity index (χ1v) is 15.9. The van der Waals surface area contributed by atoms with Crippen molar-refractivity contribution in [2.24, 2.45) is 0 Å². The number of nitrogens with zero attached hydrogens (tertiary/aromatic N) is 2. The average molecular weight is 704 g/mol. The number of carbonyl (C=O) groups is 4. The summed E-state index contributed by atoms with van der Waals surface area (Å²) in [4.78, 5) is 54.5. The maximum absolute atomic E-state index is 13.0. The number of imide groups is 2. The number of carbonyl (C=O) groups excluding carboxylic acids is 4. The Kier molecular flexibility index (Phi) is 11.8. The van der Waals surface area contributed by atoms with Gasteiger partial charge < -0.3 is 20.1 Å². The molecule has 0 aromatic heterocycles. The maximum atomic E-state index is 13.0.